The van der Waals surface area contributed by atoms with E-state index in [1.165, 1.54) is 0 Å². The first-order valence-electron chi connectivity index (χ1n) is 5.11. The summed E-state index contributed by atoms with van der Waals surface area (Å²) in [7, 11) is 1.65. The van der Waals surface area contributed by atoms with Gasteiger partial charge in [-0.2, -0.15) is 0 Å². The minimum absolute atomic E-state index is 0.0783. The van der Waals surface area contributed by atoms with Gasteiger partial charge in [-0.05, 0) is 26.7 Å². The van der Waals surface area contributed by atoms with Gasteiger partial charge in [0.25, 0.3) is 0 Å². The van der Waals surface area contributed by atoms with Crippen molar-refractivity contribution in [3.05, 3.63) is 0 Å². The SMILES string of the molecule is COC(C)CCC(=O)NCCC(C)N. The summed E-state index contributed by atoms with van der Waals surface area (Å²) < 4.78 is 5.04. The van der Waals surface area contributed by atoms with E-state index >= 15 is 0 Å². The zero-order valence-electron chi connectivity index (χ0n) is 9.38. The Morgan fingerprint density at radius 1 is 1.43 bits per heavy atom. The number of carbonyl (C=O) groups excluding carboxylic acids is 1. The second-order valence-corrected chi connectivity index (χ2v) is 3.70. The molecule has 3 N–H and O–H groups in total. The Balaban J connectivity index is 3.37. The average molecular weight is 202 g/mol. The van der Waals surface area contributed by atoms with Crippen molar-refractivity contribution in [2.75, 3.05) is 13.7 Å². The van der Waals surface area contributed by atoms with E-state index < -0.39 is 0 Å². The quantitative estimate of drug-likeness (QED) is 0.637. The lowest BCUT2D eigenvalue weighted by Crippen LogP contribution is -2.29. The first-order chi connectivity index (χ1) is 6.56. The molecule has 0 saturated heterocycles. The van der Waals surface area contributed by atoms with Crippen molar-refractivity contribution in [1.82, 2.24) is 5.32 Å². The van der Waals surface area contributed by atoms with E-state index in [9.17, 15) is 4.79 Å². The van der Waals surface area contributed by atoms with Crippen molar-refractivity contribution in [3.8, 4) is 0 Å². The van der Waals surface area contributed by atoms with Crippen LogP contribution in [0.1, 0.15) is 33.1 Å². The maximum atomic E-state index is 11.2. The summed E-state index contributed by atoms with van der Waals surface area (Å²) in [6.07, 6.45) is 2.26. The summed E-state index contributed by atoms with van der Waals surface area (Å²) >= 11 is 0. The molecule has 2 atom stereocenters. The van der Waals surface area contributed by atoms with Crippen LogP contribution in [0.15, 0.2) is 0 Å². The molecule has 2 unspecified atom stereocenters. The molecule has 0 rings (SSSR count). The summed E-state index contributed by atoms with van der Waals surface area (Å²) in [4.78, 5) is 11.2. The lowest BCUT2D eigenvalue weighted by molar-refractivity contribution is -0.121. The number of rotatable bonds is 7. The first-order valence-corrected chi connectivity index (χ1v) is 5.11. The van der Waals surface area contributed by atoms with Crippen molar-refractivity contribution in [1.29, 1.82) is 0 Å². The zero-order valence-corrected chi connectivity index (χ0v) is 9.38. The number of nitrogens with two attached hydrogens (primary N) is 1. The molecule has 14 heavy (non-hydrogen) atoms. The molecule has 0 aromatic carbocycles. The fourth-order valence-electron chi connectivity index (χ4n) is 0.980. The third-order valence-corrected chi connectivity index (χ3v) is 2.10. The molecule has 4 heteroatoms. The molecule has 0 aliphatic heterocycles. The van der Waals surface area contributed by atoms with Crippen molar-refractivity contribution >= 4 is 5.91 Å². The highest BCUT2D eigenvalue weighted by Gasteiger charge is 2.05. The number of nitrogens with one attached hydrogen (secondary N) is 1. The van der Waals surface area contributed by atoms with E-state index in [0.29, 0.717) is 13.0 Å². The smallest absolute Gasteiger partial charge is 0.220 e. The fraction of sp³-hybridized carbons (Fsp3) is 0.900. The predicted molar refractivity (Wildman–Crippen MR) is 57.0 cm³/mol. The summed E-state index contributed by atoms with van der Waals surface area (Å²) in [5.41, 5.74) is 5.55. The Morgan fingerprint density at radius 2 is 2.07 bits per heavy atom. The standard InChI is InChI=1S/C10H22N2O2/c1-8(11)6-7-12-10(13)5-4-9(2)14-3/h8-9H,4-7,11H2,1-3H3,(H,12,13). The number of amides is 1. The van der Waals surface area contributed by atoms with Crippen LogP contribution in [0.5, 0.6) is 0 Å². The largest absolute Gasteiger partial charge is 0.382 e. The van der Waals surface area contributed by atoms with Crippen molar-refractivity contribution in [3.63, 3.8) is 0 Å². The van der Waals surface area contributed by atoms with Gasteiger partial charge in [0.05, 0.1) is 6.10 Å². The van der Waals surface area contributed by atoms with Crippen molar-refractivity contribution in [2.24, 2.45) is 5.73 Å². The van der Waals surface area contributed by atoms with Crippen LogP contribution in [0.3, 0.4) is 0 Å². The van der Waals surface area contributed by atoms with Gasteiger partial charge in [-0.25, -0.2) is 0 Å². The lowest BCUT2D eigenvalue weighted by atomic mass is 10.2. The molecular weight excluding hydrogens is 180 g/mol. The molecule has 4 nitrogen and oxygen atoms in total. The topological polar surface area (TPSA) is 64.3 Å². The second-order valence-electron chi connectivity index (χ2n) is 3.70. The predicted octanol–water partition coefficient (Wildman–Crippen LogP) is 0.655. The van der Waals surface area contributed by atoms with Gasteiger partial charge in [0.15, 0.2) is 0 Å². The fourth-order valence-corrected chi connectivity index (χ4v) is 0.980. The Kier molecular flexibility index (Phi) is 7.42. The average Bonchev–Trinajstić information content (AvgIpc) is 2.13. The van der Waals surface area contributed by atoms with Gasteiger partial charge in [-0.15, -0.1) is 0 Å². The zero-order chi connectivity index (χ0) is 11.0. The third-order valence-electron chi connectivity index (χ3n) is 2.10. The molecule has 0 spiro atoms. The van der Waals surface area contributed by atoms with Crippen LogP contribution in [-0.2, 0) is 9.53 Å². The van der Waals surface area contributed by atoms with Crippen molar-refractivity contribution < 1.29 is 9.53 Å². The van der Waals surface area contributed by atoms with Crippen LogP contribution in [0.2, 0.25) is 0 Å². The van der Waals surface area contributed by atoms with Gasteiger partial charge in [-0.3, -0.25) is 4.79 Å². The number of hydrogen-bond donors (Lipinski definition) is 2. The Morgan fingerprint density at radius 3 is 2.57 bits per heavy atom. The summed E-state index contributed by atoms with van der Waals surface area (Å²) in [6.45, 7) is 4.55. The van der Waals surface area contributed by atoms with Crippen LogP contribution in [0.25, 0.3) is 0 Å². The van der Waals surface area contributed by atoms with E-state index in [1.54, 1.807) is 7.11 Å². The molecule has 0 fully saturated rings. The summed E-state index contributed by atoms with van der Waals surface area (Å²) in [6, 6.07) is 0.146. The van der Waals surface area contributed by atoms with Crippen LogP contribution >= 0.6 is 0 Å². The van der Waals surface area contributed by atoms with Gasteiger partial charge in [0.1, 0.15) is 0 Å². The number of hydrogen-bond acceptors (Lipinski definition) is 3. The minimum Gasteiger partial charge on any atom is -0.382 e. The maximum absolute atomic E-state index is 11.2. The maximum Gasteiger partial charge on any atom is 0.220 e. The van der Waals surface area contributed by atoms with Gasteiger partial charge in [-0.1, -0.05) is 0 Å². The van der Waals surface area contributed by atoms with Crippen LogP contribution < -0.4 is 11.1 Å². The molecule has 0 aliphatic carbocycles. The Hall–Kier alpha value is -0.610. The van der Waals surface area contributed by atoms with Crippen LogP contribution in [0.4, 0.5) is 0 Å². The molecule has 0 aromatic heterocycles. The highest BCUT2D eigenvalue weighted by molar-refractivity contribution is 5.75. The Bertz CT molecular complexity index is 160. The van der Waals surface area contributed by atoms with E-state index in [1.807, 2.05) is 13.8 Å². The summed E-state index contributed by atoms with van der Waals surface area (Å²) in [5.74, 6) is 0.0783. The molecule has 84 valence electrons. The molecule has 0 heterocycles. The number of carbonyl (C=O) groups is 1. The highest BCUT2D eigenvalue weighted by atomic mass is 16.5. The van der Waals surface area contributed by atoms with Crippen molar-refractivity contribution in [2.45, 2.75) is 45.3 Å². The molecule has 0 saturated carbocycles. The van der Waals surface area contributed by atoms with E-state index in [-0.39, 0.29) is 18.1 Å². The molecule has 0 aliphatic rings. The first kappa shape index (κ1) is 13.4. The van der Waals surface area contributed by atoms with Gasteiger partial charge >= 0.3 is 0 Å². The van der Waals surface area contributed by atoms with Gasteiger partial charge in [0.2, 0.25) is 5.91 Å². The van der Waals surface area contributed by atoms with Crippen LogP contribution in [0, 0.1) is 0 Å². The summed E-state index contributed by atoms with van der Waals surface area (Å²) in [5, 5.41) is 2.82. The van der Waals surface area contributed by atoms with E-state index in [0.717, 1.165) is 12.8 Å². The monoisotopic (exact) mass is 202 g/mol. The molecule has 0 bridgehead atoms. The molecule has 0 aromatic rings. The number of methoxy groups -OCH3 is 1. The molecule has 0 radical (unpaired) electrons. The molecular formula is C10H22N2O2. The van der Waals surface area contributed by atoms with Gasteiger partial charge in [0, 0.05) is 26.1 Å². The van der Waals surface area contributed by atoms with E-state index in [2.05, 4.69) is 5.32 Å². The normalized spacial score (nSPS) is 14.9. The third kappa shape index (κ3) is 8.01. The molecule has 1 amide bonds. The minimum atomic E-state index is 0.0783. The van der Waals surface area contributed by atoms with Crippen LogP contribution in [-0.4, -0.2) is 31.7 Å². The second kappa shape index (κ2) is 7.76. The number of ether oxygens (including phenoxy) is 1. The highest BCUT2D eigenvalue weighted by Crippen LogP contribution is 1.99. The van der Waals surface area contributed by atoms with Gasteiger partial charge < -0.3 is 15.8 Å². The Labute approximate surface area is 86.2 Å². The lowest BCUT2D eigenvalue weighted by Gasteiger charge is -2.10. The van der Waals surface area contributed by atoms with E-state index in [4.69, 9.17) is 10.5 Å².